The number of piperidine rings is 1. The van der Waals surface area contributed by atoms with E-state index < -0.39 is 22.9 Å². The average molecular weight is 448 g/mol. The molecule has 7 heteroatoms. The van der Waals surface area contributed by atoms with Crippen LogP contribution in [0.4, 0.5) is 5.69 Å². The minimum atomic E-state index is -1.04. The van der Waals surface area contributed by atoms with Crippen LogP contribution < -0.4 is 10.6 Å². The van der Waals surface area contributed by atoms with E-state index in [1.165, 1.54) is 36.6 Å². The molecular formula is C25H41N3O4. The third-order valence-corrected chi connectivity index (χ3v) is 6.22. The maximum atomic E-state index is 12.8. The number of nitrogens with zero attached hydrogens (tertiary/aromatic N) is 2. The van der Waals surface area contributed by atoms with E-state index in [-0.39, 0.29) is 11.8 Å². The summed E-state index contributed by atoms with van der Waals surface area (Å²) in [5.41, 5.74) is 4.88. The first kappa shape index (κ1) is 26.1. The van der Waals surface area contributed by atoms with Crippen LogP contribution in [-0.4, -0.2) is 45.7 Å². The Morgan fingerprint density at radius 2 is 1.62 bits per heavy atom. The lowest BCUT2D eigenvalue weighted by Crippen LogP contribution is -2.65. The van der Waals surface area contributed by atoms with Crippen LogP contribution in [-0.2, 0) is 14.4 Å². The molecule has 0 spiro atoms. The van der Waals surface area contributed by atoms with Crippen LogP contribution in [0.25, 0.3) is 0 Å². The first-order chi connectivity index (χ1) is 15.0. The van der Waals surface area contributed by atoms with Crippen LogP contribution in [0, 0.1) is 0 Å². The van der Waals surface area contributed by atoms with E-state index in [1.807, 2.05) is 0 Å². The third kappa shape index (κ3) is 6.45. The Morgan fingerprint density at radius 3 is 2.19 bits per heavy atom. The van der Waals surface area contributed by atoms with E-state index in [0.29, 0.717) is 25.1 Å². The first-order valence-corrected chi connectivity index (χ1v) is 11.9. The van der Waals surface area contributed by atoms with Gasteiger partial charge in [-0.05, 0) is 59.1 Å². The summed E-state index contributed by atoms with van der Waals surface area (Å²) in [6.07, 6.45) is 8.34. The fourth-order valence-electron chi connectivity index (χ4n) is 5.04. The number of nitrogens with two attached hydrogens (primary N) is 1. The van der Waals surface area contributed by atoms with Gasteiger partial charge in [0.15, 0.2) is 0 Å². The monoisotopic (exact) mass is 447 g/mol. The number of primary amides is 1. The molecule has 1 heterocycles. The van der Waals surface area contributed by atoms with Crippen molar-refractivity contribution in [1.82, 2.24) is 5.06 Å². The second kappa shape index (κ2) is 11.1. The van der Waals surface area contributed by atoms with Crippen molar-refractivity contribution >= 4 is 17.5 Å². The number of aromatic hydroxyl groups is 1. The van der Waals surface area contributed by atoms with E-state index in [9.17, 15) is 14.7 Å². The number of unbranched alkanes of at least 4 members (excludes halogenated alkanes) is 5. The summed E-state index contributed by atoms with van der Waals surface area (Å²) in [7, 11) is 0. The van der Waals surface area contributed by atoms with Gasteiger partial charge in [-0.15, -0.1) is 0 Å². The molecule has 180 valence electrons. The van der Waals surface area contributed by atoms with Gasteiger partial charge in [0, 0.05) is 17.1 Å². The Morgan fingerprint density at radius 1 is 1.06 bits per heavy atom. The largest absolute Gasteiger partial charge is 0.506 e. The van der Waals surface area contributed by atoms with Crippen molar-refractivity contribution in [2.24, 2.45) is 5.73 Å². The lowest BCUT2D eigenvalue weighted by molar-refractivity contribution is -0.283. The van der Waals surface area contributed by atoms with Crippen LogP contribution in [0.15, 0.2) is 24.3 Å². The molecule has 0 bridgehead atoms. The van der Waals surface area contributed by atoms with Crippen molar-refractivity contribution in [1.29, 1.82) is 0 Å². The fourth-order valence-corrected chi connectivity index (χ4v) is 5.04. The molecule has 0 radical (unpaired) electrons. The van der Waals surface area contributed by atoms with Crippen LogP contribution in [0.2, 0.25) is 0 Å². The number of amides is 2. The summed E-state index contributed by atoms with van der Waals surface area (Å²) in [6, 6.07) is 6.23. The zero-order chi connectivity index (χ0) is 23.9. The molecule has 0 aliphatic carbocycles. The lowest BCUT2D eigenvalue weighted by Gasteiger charge is -2.55. The first-order valence-electron chi connectivity index (χ1n) is 11.9. The second-order valence-corrected chi connectivity index (χ2v) is 10.1. The molecule has 2 amide bonds. The SMILES string of the molecule is CCCCCCCCON1C(C)(C)CC(N(C(=O)C(N)=O)c2ccccc2O)CC1(C)C. The van der Waals surface area contributed by atoms with Crippen molar-refractivity contribution in [2.75, 3.05) is 11.5 Å². The number of anilines is 1. The molecule has 1 aromatic carbocycles. The highest BCUT2D eigenvalue weighted by Gasteiger charge is 2.49. The number of carbonyl (C=O) groups excluding carboxylic acids is 2. The number of phenolic OH excluding ortho intramolecular Hbond substituents is 1. The van der Waals surface area contributed by atoms with Gasteiger partial charge in [0.1, 0.15) is 5.75 Å². The molecule has 32 heavy (non-hydrogen) atoms. The quantitative estimate of drug-likeness (QED) is 0.406. The predicted molar refractivity (Wildman–Crippen MR) is 127 cm³/mol. The number of benzene rings is 1. The topological polar surface area (TPSA) is 96.1 Å². The summed E-state index contributed by atoms with van der Waals surface area (Å²) in [5.74, 6) is -1.91. The lowest BCUT2D eigenvalue weighted by atomic mass is 9.78. The van der Waals surface area contributed by atoms with Gasteiger partial charge in [-0.1, -0.05) is 51.2 Å². The number of rotatable bonds is 10. The van der Waals surface area contributed by atoms with Gasteiger partial charge in [0.05, 0.1) is 12.3 Å². The Kier molecular flexibility index (Phi) is 9.10. The number of hydrogen-bond donors (Lipinski definition) is 2. The van der Waals surface area contributed by atoms with Crippen LogP contribution in [0.5, 0.6) is 5.75 Å². The highest BCUT2D eigenvalue weighted by atomic mass is 16.7. The van der Waals surface area contributed by atoms with E-state index in [1.54, 1.807) is 18.2 Å². The van der Waals surface area contributed by atoms with E-state index in [0.717, 1.165) is 12.8 Å². The summed E-state index contributed by atoms with van der Waals surface area (Å²) in [5, 5.41) is 12.4. The summed E-state index contributed by atoms with van der Waals surface area (Å²) in [6.45, 7) is 11.2. The van der Waals surface area contributed by atoms with Crippen molar-refractivity contribution in [3.05, 3.63) is 24.3 Å². The normalized spacial score (nSPS) is 18.4. The van der Waals surface area contributed by atoms with Gasteiger partial charge < -0.3 is 10.8 Å². The Labute approximate surface area is 192 Å². The summed E-state index contributed by atoms with van der Waals surface area (Å²) >= 11 is 0. The van der Waals surface area contributed by atoms with Crippen molar-refractivity contribution < 1.29 is 19.5 Å². The van der Waals surface area contributed by atoms with Crippen molar-refractivity contribution in [3.63, 3.8) is 0 Å². The number of para-hydroxylation sites is 2. The standard InChI is InChI=1S/C25H41N3O4/c1-6-7-8-9-10-13-16-32-28-24(2,3)17-19(18-25(28,4)5)27(23(31)22(26)30)20-14-11-12-15-21(20)29/h11-12,14-15,19,29H,6-10,13,16-18H2,1-5H3,(H2,26,30). The second-order valence-electron chi connectivity index (χ2n) is 10.1. The van der Waals surface area contributed by atoms with Gasteiger partial charge >= 0.3 is 11.8 Å². The minimum Gasteiger partial charge on any atom is -0.506 e. The molecule has 1 fully saturated rings. The smallest absolute Gasteiger partial charge is 0.316 e. The molecule has 2 rings (SSSR count). The molecule has 1 aromatic rings. The maximum Gasteiger partial charge on any atom is 0.316 e. The van der Waals surface area contributed by atoms with Crippen molar-refractivity contribution in [3.8, 4) is 5.75 Å². The van der Waals surface area contributed by atoms with Gasteiger partial charge in [-0.2, -0.15) is 5.06 Å². The molecule has 0 aromatic heterocycles. The van der Waals surface area contributed by atoms with Gasteiger partial charge in [-0.25, -0.2) is 0 Å². The predicted octanol–water partition coefficient (Wildman–Crippen LogP) is 4.52. The van der Waals surface area contributed by atoms with Gasteiger partial charge in [0.2, 0.25) is 0 Å². The number of hydroxylamine groups is 2. The van der Waals surface area contributed by atoms with Gasteiger partial charge in [-0.3, -0.25) is 19.3 Å². The Hall–Kier alpha value is -2.12. The highest BCUT2D eigenvalue weighted by molar-refractivity contribution is 6.40. The Balaban J connectivity index is 2.16. The van der Waals surface area contributed by atoms with Crippen LogP contribution in [0.3, 0.4) is 0 Å². The molecule has 0 saturated carbocycles. The van der Waals surface area contributed by atoms with Crippen molar-refractivity contribution in [2.45, 2.75) is 103 Å². The van der Waals surface area contributed by atoms with E-state index in [4.69, 9.17) is 10.6 Å². The molecule has 3 N–H and O–H groups in total. The van der Waals surface area contributed by atoms with E-state index in [2.05, 4.69) is 39.7 Å². The average Bonchev–Trinajstić information content (AvgIpc) is 2.69. The highest BCUT2D eigenvalue weighted by Crippen LogP contribution is 2.43. The molecule has 1 aliphatic heterocycles. The Bertz CT molecular complexity index is 760. The summed E-state index contributed by atoms with van der Waals surface area (Å²) in [4.78, 5) is 32.3. The fraction of sp³-hybridized carbons (Fsp3) is 0.680. The zero-order valence-corrected chi connectivity index (χ0v) is 20.4. The maximum absolute atomic E-state index is 12.8. The van der Waals surface area contributed by atoms with E-state index >= 15 is 0 Å². The molecular weight excluding hydrogens is 406 g/mol. The third-order valence-electron chi connectivity index (χ3n) is 6.22. The zero-order valence-electron chi connectivity index (χ0n) is 20.4. The summed E-state index contributed by atoms with van der Waals surface area (Å²) < 4.78 is 0. The van der Waals surface area contributed by atoms with Gasteiger partial charge in [0.25, 0.3) is 0 Å². The molecule has 0 unspecified atom stereocenters. The molecule has 1 saturated heterocycles. The number of phenols is 1. The number of hydrogen-bond acceptors (Lipinski definition) is 5. The van der Waals surface area contributed by atoms with Crippen LogP contribution >= 0.6 is 0 Å². The molecule has 0 atom stereocenters. The minimum absolute atomic E-state index is 0.0561. The molecule has 7 nitrogen and oxygen atoms in total. The van der Waals surface area contributed by atoms with Crippen LogP contribution in [0.1, 0.15) is 86.0 Å². The number of carbonyl (C=O) groups is 2. The molecule has 1 aliphatic rings.